The third kappa shape index (κ3) is 2.52. The van der Waals surface area contributed by atoms with E-state index in [0.717, 1.165) is 10.9 Å². The number of aliphatic carboxylic acids is 1. The molecule has 0 saturated carbocycles. The van der Waals surface area contributed by atoms with Crippen molar-refractivity contribution in [1.29, 1.82) is 5.26 Å². The number of benzene rings is 1. The first-order chi connectivity index (χ1) is 9.91. The number of aromatic nitrogens is 1. The number of carbonyl (C=O) groups is 1. The van der Waals surface area contributed by atoms with Crippen molar-refractivity contribution in [2.45, 2.75) is 26.3 Å². The highest BCUT2D eigenvalue weighted by molar-refractivity contribution is 5.86. The molecule has 0 fully saturated rings. The first kappa shape index (κ1) is 14.8. The van der Waals surface area contributed by atoms with E-state index in [1.165, 1.54) is 0 Å². The number of carboxylic acid groups (broad SMARTS) is 1. The zero-order chi connectivity index (χ0) is 15.6. The van der Waals surface area contributed by atoms with E-state index in [0.29, 0.717) is 17.9 Å². The van der Waals surface area contributed by atoms with Gasteiger partial charge in [-0.2, -0.15) is 5.26 Å². The van der Waals surface area contributed by atoms with Crippen molar-refractivity contribution >= 4 is 22.7 Å². The molecule has 0 saturated heterocycles. The normalized spacial score (nSPS) is 11.1. The molecule has 1 heterocycles. The predicted molar refractivity (Wildman–Crippen MR) is 81.2 cm³/mol. The van der Waals surface area contributed by atoms with Crippen LogP contribution in [0.15, 0.2) is 30.3 Å². The maximum atomic E-state index is 11.5. The van der Waals surface area contributed by atoms with Gasteiger partial charge >= 0.3 is 5.97 Å². The topological polar surface area (TPSA) is 77.2 Å². The molecule has 108 valence electrons. The SMILES string of the molecule is CCN(c1nc2ccccc2cc1C#N)C(C)(C)C(=O)O. The zero-order valence-corrected chi connectivity index (χ0v) is 12.3. The fourth-order valence-electron chi connectivity index (χ4n) is 2.32. The summed E-state index contributed by atoms with van der Waals surface area (Å²) in [6, 6.07) is 11.3. The van der Waals surface area contributed by atoms with Crippen molar-refractivity contribution in [2.24, 2.45) is 0 Å². The summed E-state index contributed by atoms with van der Waals surface area (Å²) in [5.41, 5.74) is -0.0217. The summed E-state index contributed by atoms with van der Waals surface area (Å²) >= 11 is 0. The molecule has 0 aliphatic heterocycles. The average Bonchev–Trinajstić information content (AvgIpc) is 2.46. The van der Waals surface area contributed by atoms with Gasteiger partial charge in [0.15, 0.2) is 0 Å². The van der Waals surface area contributed by atoms with E-state index in [2.05, 4.69) is 11.1 Å². The number of nitriles is 1. The van der Waals surface area contributed by atoms with Crippen LogP contribution in [0.2, 0.25) is 0 Å². The van der Waals surface area contributed by atoms with Gasteiger partial charge in [-0.05, 0) is 32.9 Å². The molecule has 0 amide bonds. The molecule has 5 nitrogen and oxygen atoms in total. The average molecular weight is 283 g/mol. The lowest BCUT2D eigenvalue weighted by molar-refractivity contribution is -0.142. The number of hydrogen-bond acceptors (Lipinski definition) is 4. The maximum Gasteiger partial charge on any atom is 0.328 e. The van der Waals surface area contributed by atoms with Gasteiger partial charge in [0, 0.05) is 11.9 Å². The fourth-order valence-corrected chi connectivity index (χ4v) is 2.32. The molecule has 1 aromatic heterocycles. The summed E-state index contributed by atoms with van der Waals surface area (Å²) in [4.78, 5) is 17.7. The van der Waals surface area contributed by atoms with E-state index in [9.17, 15) is 15.2 Å². The Labute approximate surface area is 123 Å². The van der Waals surface area contributed by atoms with Gasteiger partial charge in [-0.15, -0.1) is 0 Å². The van der Waals surface area contributed by atoms with Gasteiger partial charge in [0.2, 0.25) is 0 Å². The van der Waals surface area contributed by atoms with Crippen LogP contribution in [-0.2, 0) is 4.79 Å². The summed E-state index contributed by atoms with van der Waals surface area (Å²) in [6.45, 7) is 5.51. The minimum atomic E-state index is -1.14. The maximum absolute atomic E-state index is 11.5. The molecule has 0 radical (unpaired) electrons. The van der Waals surface area contributed by atoms with Crippen molar-refractivity contribution in [2.75, 3.05) is 11.4 Å². The van der Waals surface area contributed by atoms with Crippen molar-refractivity contribution < 1.29 is 9.90 Å². The number of fused-ring (bicyclic) bond motifs is 1. The number of nitrogens with zero attached hydrogens (tertiary/aromatic N) is 3. The molecule has 1 N–H and O–H groups in total. The molecule has 0 spiro atoms. The molecule has 0 bridgehead atoms. The number of pyridine rings is 1. The fraction of sp³-hybridized carbons (Fsp3) is 0.312. The number of likely N-dealkylation sites (N-methyl/N-ethyl adjacent to an activating group) is 1. The minimum absolute atomic E-state index is 0.380. The van der Waals surface area contributed by atoms with Crippen LogP contribution in [0.3, 0.4) is 0 Å². The van der Waals surface area contributed by atoms with Gasteiger partial charge in [-0.3, -0.25) is 0 Å². The van der Waals surface area contributed by atoms with Crippen LogP contribution in [-0.4, -0.2) is 28.1 Å². The molecule has 2 rings (SSSR count). The summed E-state index contributed by atoms with van der Waals surface area (Å²) in [5.74, 6) is -0.547. The first-order valence-corrected chi connectivity index (χ1v) is 6.72. The van der Waals surface area contributed by atoms with Crippen LogP contribution in [0, 0.1) is 11.3 Å². The highest BCUT2D eigenvalue weighted by Gasteiger charge is 2.35. The van der Waals surface area contributed by atoms with Crippen LogP contribution in [0.5, 0.6) is 0 Å². The van der Waals surface area contributed by atoms with Crippen LogP contribution < -0.4 is 4.90 Å². The van der Waals surface area contributed by atoms with Crippen molar-refractivity contribution in [3.8, 4) is 6.07 Å². The third-order valence-corrected chi connectivity index (χ3v) is 3.59. The number of carboxylic acids is 1. The number of anilines is 1. The smallest absolute Gasteiger partial charge is 0.328 e. The highest BCUT2D eigenvalue weighted by Crippen LogP contribution is 2.28. The Morgan fingerprint density at radius 2 is 2.10 bits per heavy atom. The van der Waals surface area contributed by atoms with Crippen molar-refractivity contribution in [3.63, 3.8) is 0 Å². The van der Waals surface area contributed by atoms with E-state index in [4.69, 9.17) is 0 Å². The Morgan fingerprint density at radius 1 is 1.43 bits per heavy atom. The molecule has 0 aliphatic rings. The first-order valence-electron chi connectivity index (χ1n) is 6.72. The van der Waals surface area contributed by atoms with Crippen LogP contribution in [0.25, 0.3) is 10.9 Å². The minimum Gasteiger partial charge on any atom is -0.480 e. The lowest BCUT2D eigenvalue weighted by Crippen LogP contribution is -2.51. The lowest BCUT2D eigenvalue weighted by Gasteiger charge is -2.35. The Hall–Kier alpha value is -2.61. The van der Waals surface area contributed by atoms with Crippen molar-refractivity contribution in [1.82, 2.24) is 4.98 Å². The van der Waals surface area contributed by atoms with Crippen LogP contribution >= 0.6 is 0 Å². The van der Waals surface area contributed by atoms with E-state index in [1.807, 2.05) is 31.2 Å². The van der Waals surface area contributed by atoms with E-state index in [-0.39, 0.29) is 0 Å². The van der Waals surface area contributed by atoms with Gasteiger partial charge in [0.1, 0.15) is 17.4 Å². The van der Waals surface area contributed by atoms with E-state index < -0.39 is 11.5 Å². The van der Waals surface area contributed by atoms with Gasteiger partial charge in [-0.25, -0.2) is 9.78 Å². The van der Waals surface area contributed by atoms with Gasteiger partial charge in [-0.1, -0.05) is 18.2 Å². The summed E-state index contributed by atoms with van der Waals surface area (Å²) in [6.07, 6.45) is 0. The Kier molecular flexibility index (Phi) is 3.81. The summed E-state index contributed by atoms with van der Waals surface area (Å²) < 4.78 is 0. The molecule has 5 heteroatoms. The molecule has 0 atom stereocenters. The predicted octanol–water partition coefficient (Wildman–Crippen LogP) is 2.80. The molecule has 0 aliphatic carbocycles. The second-order valence-corrected chi connectivity index (χ2v) is 5.27. The summed E-state index contributed by atoms with van der Waals surface area (Å²) in [7, 11) is 0. The zero-order valence-electron chi connectivity index (χ0n) is 12.3. The molecular formula is C16H17N3O2. The monoisotopic (exact) mass is 283 g/mol. The highest BCUT2D eigenvalue weighted by atomic mass is 16.4. The number of para-hydroxylation sites is 1. The largest absolute Gasteiger partial charge is 0.480 e. The van der Waals surface area contributed by atoms with E-state index >= 15 is 0 Å². The standard InChI is InChI=1S/C16H17N3O2/c1-4-19(16(2,3)15(20)21)14-12(10-17)9-11-7-5-6-8-13(11)18-14/h5-9H,4H2,1-3H3,(H,20,21). The van der Waals surface area contributed by atoms with Gasteiger partial charge in [0.05, 0.1) is 11.1 Å². The summed E-state index contributed by atoms with van der Waals surface area (Å²) in [5, 5.41) is 19.7. The molecule has 0 unspecified atom stereocenters. The van der Waals surface area contributed by atoms with Crippen LogP contribution in [0.1, 0.15) is 26.3 Å². The number of hydrogen-bond donors (Lipinski definition) is 1. The molecule has 1 aromatic carbocycles. The van der Waals surface area contributed by atoms with Crippen LogP contribution in [0.4, 0.5) is 5.82 Å². The Morgan fingerprint density at radius 3 is 2.67 bits per heavy atom. The van der Waals surface area contributed by atoms with Crippen molar-refractivity contribution in [3.05, 3.63) is 35.9 Å². The Balaban J connectivity index is 2.68. The quantitative estimate of drug-likeness (QED) is 0.933. The number of rotatable bonds is 4. The van der Waals surface area contributed by atoms with Gasteiger partial charge < -0.3 is 10.0 Å². The Bertz CT molecular complexity index is 732. The second kappa shape index (κ2) is 5.41. The third-order valence-electron chi connectivity index (χ3n) is 3.59. The lowest BCUT2D eigenvalue weighted by atomic mass is 10.0. The molecular weight excluding hydrogens is 266 g/mol. The molecule has 21 heavy (non-hydrogen) atoms. The van der Waals surface area contributed by atoms with E-state index in [1.54, 1.807) is 24.8 Å². The van der Waals surface area contributed by atoms with Gasteiger partial charge in [0.25, 0.3) is 0 Å². The molecule has 2 aromatic rings. The second-order valence-electron chi connectivity index (χ2n) is 5.27.